The second-order valence-electron chi connectivity index (χ2n) is 4.99. The van der Waals surface area contributed by atoms with Crippen LogP contribution in [0.4, 0.5) is 10.1 Å². The first-order chi connectivity index (χ1) is 9.60. The van der Waals surface area contributed by atoms with E-state index in [0.29, 0.717) is 5.75 Å². The van der Waals surface area contributed by atoms with Gasteiger partial charge in [-0.25, -0.2) is 4.39 Å². The van der Waals surface area contributed by atoms with Crippen molar-refractivity contribution in [3.8, 4) is 5.75 Å². The molecule has 1 heterocycles. The van der Waals surface area contributed by atoms with E-state index in [2.05, 4.69) is 5.32 Å². The molecular weight excluding hydrogens is 277 g/mol. The largest absolute Gasteiger partial charge is 0.496 e. The second kappa shape index (κ2) is 4.98. The third kappa shape index (κ3) is 2.12. The first-order valence-electron chi connectivity index (χ1n) is 6.48. The van der Waals surface area contributed by atoms with Gasteiger partial charge in [-0.05, 0) is 48.7 Å². The molecule has 2 nitrogen and oxygen atoms in total. The summed E-state index contributed by atoms with van der Waals surface area (Å²) in [4.78, 5) is 0. The van der Waals surface area contributed by atoms with Crippen molar-refractivity contribution in [2.75, 3.05) is 12.4 Å². The van der Waals surface area contributed by atoms with Crippen LogP contribution in [0.1, 0.15) is 22.7 Å². The van der Waals surface area contributed by atoms with Crippen LogP contribution in [-0.2, 0) is 6.42 Å². The minimum absolute atomic E-state index is 0.00724. The lowest BCUT2D eigenvalue weighted by molar-refractivity contribution is 0.406. The zero-order valence-electron chi connectivity index (χ0n) is 11.3. The molecule has 0 aliphatic carbocycles. The van der Waals surface area contributed by atoms with Crippen LogP contribution in [0.25, 0.3) is 0 Å². The molecular formula is C16H15ClFNO. The summed E-state index contributed by atoms with van der Waals surface area (Å²) in [6, 6.07) is 8.53. The van der Waals surface area contributed by atoms with Crippen molar-refractivity contribution in [1.82, 2.24) is 0 Å². The van der Waals surface area contributed by atoms with Gasteiger partial charge in [-0.3, -0.25) is 0 Å². The highest BCUT2D eigenvalue weighted by atomic mass is 35.5. The van der Waals surface area contributed by atoms with Gasteiger partial charge in [0.15, 0.2) is 0 Å². The lowest BCUT2D eigenvalue weighted by Gasteiger charge is -2.16. The number of methoxy groups -OCH3 is 1. The molecule has 0 amide bonds. The number of benzene rings is 2. The highest BCUT2D eigenvalue weighted by Crippen LogP contribution is 2.41. The molecule has 20 heavy (non-hydrogen) atoms. The van der Waals surface area contributed by atoms with Crippen LogP contribution in [0.2, 0.25) is 5.02 Å². The average molecular weight is 292 g/mol. The van der Waals surface area contributed by atoms with Crippen molar-refractivity contribution < 1.29 is 9.13 Å². The Bertz CT molecular complexity index is 672. The van der Waals surface area contributed by atoms with Crippen molar-refractivity contribution in [2.24, 2.45) is 0 Å². The third-order valence-corrected chi connectivity index (χ3v) is 4.20. The highest BCUT2D eigenvalue weighted by Gasteiger charge is 2.26. The van der Waals surface area contributed by atoms with E-state index < -0.39 is 0 Å². The number of rotatable bonds is 2. The highest BCUT2D eigenvalue weighted by molar-refractivity contribution is 6.31. The van der Waals surface area contributed by atoms with Crippen LogP contribution in [0.5, 0.6) is 5.75 Å². The molecule has 2 aromatic carbocycles. The second-order valence-corrected chi connectivity index (χ2v) is 5.40. The molecule has 0 aromatic heterocycles. The molecule has 1 aliphatic rings. The van der Waals surface area contributed by atoms with Crippen LogP contribution in [0.3, 0.4) is 0 Å². The summed E-state index contributed by atoms with van der Waals surface area (Å²) >= 11 is 6.15. The van der Waals surface area contributed by atoms with E-state index in [9.17, 15) is 4.39 Å². The summed E-state index contributed by atoms with van der Waals surface area (Å²) in [5.74, 6) is 0.439. The van der Waals surface area contributed by atoms with E-state index in [1.165, 1.54) is 17.7 Å². The lowest BCUT2D eigenvalue weighted by Crippen LogP contribution is -2.08. The van der Waals surface area contributed by atoms with Gasteiger partial charge in [0.05, 0.1) is 13.2 Å². The predicted molar refractivity (Wildman–Crippen MR) is 79.2 cm³/mol. The van der Waals surface area contributed by atoms with Gasteiger partial charge in [-0.2, -0.15) is 0 Å². The molecule has 0 fully saturated rings. The van der Waals surface area contributed by atoms with E-state index in [1.54, 1.807) is 13.2 Å². The molecule has 1 unspecified atom stereocenters. The minimum Gasteiger partial charge on any atom is -0.496 e. The summed E-state index contributed by atoms with van der Waals surface area (Å²) in [7, 11) is 1.60. The van der Waals surface area contributed by atoms with E-state index in [0.717, 1.165) is 28.3 Å². The van der Waals surface area contributed by atoms with Crippen molar-refractivity contribution in [3.63, 3.8) is 0 Å². The van der Waals surface area contributed by atoms with E-state index >= 15 is 0 Å². The molecule has 3 rings (SSSR count). The fraction of sp³-hybridized carbons (Fsp3) is 0.250. The molecule has 1 N–H and O–H groups in total. The van der Waals surface area contributed by atoms with Gasteiger partial charge in [0.2, 0.25) is 0 Å². The van der Waals surface area contributed by atoms with Gasteiger partial charge >= 0.3 is 0 Å². The van der Waals surface area contributed by atoms with E-state index in [4.69, 9.17) is 16.3 Å². The molecule has 2 aromatic rings. The monoisotopic (exact) mass is 291 g/mol. The standard InChI is InChI=1S/C16H15ClFNO/c1-9-13(17)5-3-10-7-14(19-16(9)10)12-8-11(18)4-6-15(12)20-2/h3-6,8,14,19H,7H2,1-2H3. The Balaban J connectivity index is 2.00. The first kappa shape index (κ1) is 13.3. The van der Waals surface area contributed by atoms with Crippen LogP contribution in [0, 0.1) is 12.7 Å². The molecule has 1 aliphatic heterocycles. The van der Waals surface area contributed by atoms with Gasteiger partial charge in [-0.15, -0.1) is 0 Å². The summed E-state index contributed by atoms with van der Waals surface area (Å²) in [5, 5.41) is 4.17. The van der Waals surface area contributed by atoms with Crippen molar-refractivity contribution in [2.45, 2.75) is 19.4 Å². The summed E-state index contributed by atoms with van der Waals surface area (Å²) in [5.41, 5.74) is 4.11. The van der Waals surface area contributed by atoms with Gasteiger partial charge < -0.3 is 10.1 Å². The van der Waals surface area contributed by atoms with Gasteiger partial charge in [0.25, 0.3) is 0 Å². The zero-order chi connectivity index (χ0) is 14.3. The predicted octanol–water partition coefficient (Wildman–Crippen LogP) is 4.51. The normalized spacial score (nSPS) is 16.7. The van der Waals surface area contributed by atoms with Gasteiger partial charge in [0, 0.05) is 16.3 Å². The third-order valence-electron chi connectivity index (χ3n) is 3.79. The van der Waals surface area contributed by atoms with Gasteiger partial charge in [-0.1, -0.05) is 17.7 Å². The van der Waals surface area contributed by atoms with Gasteiger partial charge in [0.1, 0.15) is 11.6 Å². The Labute approximate surface area is 122 Å². The Morgan fingerprint density at radius 1 is 1.30 bits per heavy atom. The van der Waals surface area contributed by atoms with Crippen molar-refractivity contribution in [1.29, 1.82) is 0 Å². The van der Waals surface area contributed by atoms with Crippen LogP contribution < -0.4 is 10.1 Å². The fourth-order valence-electron chi connectivity index (χ4n) is 2.72. The van der Waals surface area contributed by atoms with Crippen LogP contribution in [-0.4, -0.2) is 7.11 Å². The molecule has 0 bridgehead atoms. The fourth-order valence-corrected chi connectivity index (χ4v) is 2.88. The molecule has 0 radical (unpaired) electrons. The Hall–Kier alpha value is -1.74. The van der Waals surface area contributed by atoms with E-state index in [1.807, 2.05) is 19.1 Å². The maximum Gasteiger partial charge on any atom is 0.124 e. The minimum atomic E-state index is -0.256. The number of nitrogens with one attached hydrogen (secondary N) is 1. The number of anilines is 1. The molecule has 4 heteroatoms. The maximum absolute atomic E-state index is 13.5. The SMILES string of the molecule is COc1ccc(F)cc1C1Cc2ccc(Cl)c(C)c2N1. The number of hydrogen-bond acceptors (Lipinski definition) is 2. The molecule has 0 spiro atoms. The Morgan fingerprint density at radius 2 is 2.10 bits per heavy atom. The lowest BCUT2D eigenvalue weighted by atomic mass is 10.0. The smallest absolute Gasteiger partial charge is 0.124 e. The van der Waals surface area contributed by atoms with Crippen LogP contribution >= 0.6 is 11.6 Å². The van der Waals surface area contributed by atoms with Crippen molar-refractivity contribution in [3.05, 3.63) is 57.9 Å². The number of ether oxygens (including phenoxy) is 1. The molecule has 0 saturated carbocycles. The summed E-state index contributed by atoms with van der Waals surface area (Å²) in [6.07, 6.45) is 0.799. The Kier molecular flexibility index (Phi) is 3.30. The van der Waals surface area contributed by atoms with E-state index in [-0.39, 0.29) is 11.9 Å². The van der Waals surface area contributed by atoms with Crippen LogP contribution in [0.15, 0.2) is 30.3 Å². The number of halogens is 2. The topological polar surface area (TPSA) is 21.3 Å². The summed E-state index contributed by atoms with van der Waals surface area (Å²) in [6.45, 7) is 1.99. The Morgan fingerprint density at radius 3 is 2.85 bits per heavy atom. The molecule has 104 valence electrons. The first-order valence-corrected chi connectivity index (χ1v) is 6.86. The zero-order valence-corrected chi connectivity index (χ0v) is 12.1. The number of fused-ring (bicyclic) bond motifs is 1. The molecule has 1 atom stereocenters. The quantitative estimate of drug-likeness (QED) is 0.879. The number of hydrogen-bond donors (Lipinski definition) is 1. The summed E-state index contributed by atoms with van der Waals surface area (Å²) < 4.78 is 18.8. The molecule has 0 saturated heterocycles. The average Bonchev–Trinajstić information content (AvgIpc) is 2.88. The van der Waals surface area contributed by atoms with Crippen molar-refractivity contribution >= 4 is 17.3 Å². The maximum atomic E-state index is 13.5.